The van der Waals surface area contributed by atoms with Gasteiger partial charge in [0.15, 0.2) is 0 Å². The average molecular weight is 286 g/mol. The van der Waals surface area contributed by atoms with Gasteiger partial charge < -0.3 is 14.8 Å². The van der Waals surface area contributed by atoms with Crippen LogP contribution < -0.4 is 10.1 Å². The van der Waals surface area contributed by atoms with Gasteiger partial charge in [0.25, 0.3) is 0 Å². The molecule has 1 saturated heterocycles. The van der Waals surface area contributed by atoms with Gasteiger partial charge in [0.1, 0.15) is 12.4 Å². The zero-order chi connectivity index (χ0) is 11.5. The Morgan fingerprint density at radius 2 is 2.44 bits per heavy atom. The highest BCUT2D eigenvalue weighted by molar-refractivity contribution is 9.10. The highest BCUT2D eigenvalue weighted by Crippen LogP contribution is 2.24. The number of hydrogen-bond donors (Lipinski definition) is 1. The van der Waals surface area contributed by atoms with Crippen molar-refractivity contribution in [1.29, 1.82) is 0 Å². The molecule has 4 nitrogen and oxygen atoms in total. The third-order valence-corrected chi connectivity index (χ3v) is 3.20. The molecule has 1 N–H and O–H groups in total. The normalized spacial score (nSPS) is 19.1. The van der Waals surface area contributed by atoms with Gasteiger partial charge >= 0.3 is 6.09 Å². The van der Waals surface area contributed by atoms with Crippen LogP contribution in [0.2, 0.25) is 0 Å². The molecule has 5 heteroatoms. The number of carbonyl (C=O) groups excluding carboxylic acids is 1. The molecule has 16 heavy (non-hydrogen) atoms. The predicted octanol–water partition coefficient (Wildman–Crippen LogP) is 2.11. The molecule has 1 atom stereocenters. The van der Waals surface area contributed by atoms with Crippen LogP contribution in [0.4, 0.5) is 4.79 Å². The fraction of sp³-hybridized carbons (Fsp3) is 0.364. The Morgan fingerprint density at radius 3 is 3.00 bits per heavy atom. The molecule has 1 fully saturated rings. The molecule has 0 radical (unpaired) electrons. The fourth-order valence-electron chi connectivity index (χ4n) is 1.62. The van der Waals surface area contributed by atoms with Crippen LogP contribution in [0.3, 0.4) is 0 Å². The second-order valence-electron chi connectivity index (χ2n) is 3.60. The molecule has 1 aromatic carbocycles. The lowest BCUT2D eigenvalue weighted by molar-refractivity contribution is 0.177. The number of benzene rings is 1. The summed E-state index contributed by atoms with van der Waals surface area (Å²) in [5, 5.41) is 2.74. The SMILES string of the molecule is COc1ccc(C[C@@H]2COC(=O)N2)c(Br)c1. The van der Waals surface area contributed by atoms with Crippen LogP contribution in [0.1, 0.15) is 5.56 Å². The molecule has 1 heterocycles. The minimum Gasteiger partial charge on any atom is -0.497 e. The molecule has 0 aromatic heterocycles. The molecule has 1 aromatic rings. The molecular weight excluding hydrogens is 274 g/mol. The Bertz CT molecular complexity index is 408. The molecule has 0 unspecified atom stereocenters. The molecule has 1 aliphatic rings. The van der Waals surface area contributed by atoms with E-state index >= 15 is 0 Å². The van der Waals surface area contributed by atoms with Crippen LogP contribution in [0.15, 0.2) is 22.7 Å². The zero-order valence-corrected chi connectivity index (χ0v) is 10.4. The standard InChI is InChI=1S/C11H12BrNO3/c1-15-9-3-2-7(10(12)5-9)4-8-6-16-11(14)13-8/h2-3,5,8H,4,6H2,1H3,(H,13,14)/t8-/m1/s1. The lowest BCUT2D eigenvalue weighted by Crippen LogP contribution is -2.28. The summed E-state index contributed by atoms with van der Waals surface area (Å²) in [6.07, 6.45) is 0.408. The monoisotopic (exact) mass is 285 g/mol. The van der Waals surface area contributed by atoms with Crippen molar-refractivity contribution in [3.05, 3.63) is 28.2 Å². The molecule has 1 amide bonds. The van der Waals surface area contributed by atoms with Gasteiger partial charge in [-0.1, -0.05) is 22.0 Å². The summed E-state index contributed by atoms with van der Waals surface area (Å²) in [4.78, 5) is 10.9. The highest BCUT2D eigenvalue weighted by Gasteiger charge is 2.22. The van der Waals surface area contributed by atoms with E-state index < -0.39 is 0 Å². The summed E-state index contributed by atoms with van der Waals surface area (Å²) in [5.74, 6) is 0.808. The number of alkyl carbamates (subject to hydrolysis) is 1. The lowest BCUT2D eigenvalue weighted by Gasteiger charge is -2.10. The lowest BCUT2D eigenvalue weighted by atomic mass is 10.1. The van der Waals surface area contributed by atoms with Gasteiger partial charge in [0.2, 0.25) is 0 Å². The molecule has 0 saturated carbocycles. The molecule has 2 rings (SSSR count). The molecule has 86 valence electrons. The van der Waals surface area contributed by atoms with E-state index in [9.17, 15) is 4.79 Å². The number of amides is 1. The third-order valence-electron chi connectivity index (χ3n) is 2.46. The zero-order valence-electron chi connectivity index (χ0n) is 8.83. The van der Waals surface area contributed by atoms with Crippen LogP contribution in [0, 0.1) is 0 Å². The van der Waals surface area contributed by atoms with Crippen molar-refractivity contribution in [2.75, 3.05) is 13.7 Å². The Morgan fingerprint density at radius 1 is 1.62 bits per heavy atom. The number of ether oxygens (including phenoxy) is 2. The number of hydrogen-bond acceptors (Lipinski definition) is 3. The minimum absolute atomic E-state index is 0.0530. The van der Waals surface area contributed by atoms with Crippen LogP contribution in [0.25, 0.3) is 0 Å². The summed E-state index contributed by atoms with van der Waals surface area (Å²) in [6.45, 7) is 0.428. The quantitative estimate of drug-likeness (QED) is 0.925. The molecule has 0 spiro atoms. The third kappa shape index (κ3) is 2.47. The molecule has 1 aliphatic heterocycles. The molecule has 0 bridgehead atoms. The van der Waals surface area contributed by atoms with Gasteiger partial charge in [-0.05, 0) is 24.1 Å². The Balaban J connectivity index is 2.07. The van der Waals surface area contributed by atoms with E-state index in [4.69, 9.17) is 9.47 Å². The van der Waals surface area contributed by atoms with Crippen molar-refractivity contribution < 1.29 is 14.3 Å². The van der Waals surface area contributed by atoms with E-state index in [2.05, 4.69) is 21.2 Å². The number of carbonyl (C=O) groups is 1. The van der Waals surface area contributed by atoms with Crippen LogP contribution in [0.5, 0.6) is 5.75 Å². The van der Waals surface area contributed by atoms with Crippen molar-refractivity contribution in [3.63, 3.8) is 0 Å². The number of halogens is 1. The number of cyclic esters (lactones) is 1. The van der Waals surface area contributed by atoms with Crippen LogP contribution in [-0.2, 0) is 11.2 Å². The predicted molar refractivity (Wildman–Crippen MR) is 62.7 cm³/mol. The van der Waals surface area contributed by atoms with Crippen molar-refractivity contribution in [2.45, 2.75) is 12.5 Å². The van der Waals surface area contributed by atoms with E-state index in [1.165, 1.54) is 0 Å². The second kappa shape index (κ2) is 4.74. The van der Waals surface area contributed by atoms with Crippen molar-refractivity contribution >= 4 is 22.0 Å². The topological polar surface area (TPSA) is 47.6 Å². The smallest absolute Gasteiger partial charge is 0.407 e. The maximum atomic E-state index is 10.9. The minimum atomic E-state index is -0.338. The number of methoxy groups -OCH3 is 1. The Kier molecular flexibility index (Phi) is 3.33. The summed E-state index contributed by atoms with van der Waals surface area (Å²) in [5.41, 5.74) is 1.12. The summed E-state index contributed by atoms with van der Waals surface area (Å²) in [6, 6.07) is 5.84. The summed E-state index contributed by atoms with van der Waals surface area (Å²) >= 11 is 3.48. The van der Waals surface area contributed by atoms with Crippen LogP contribution >= 0.6 is 15.9 Å². The van der Waals surface area contributed by atoms with E-state index in [0.717, 1.165) is 22.2 Å². The van der Waals surface area contributed by atoms with Gasteiger partial charge in [0.05, 0.1) is 13.2 Å². The Hall–Kier alpha value is -1.23. The maximum absolute atomic E-state index is 10.9. The number of nitrogens with one attached hydrogen (secondary N) is 1. The van der Waals surface area contributed by atoms with Crippen molar-refractivity contribution in [3.8, 4) is 5.75 Å². The van der Waals surface area contributed by atoms with E-state index in [1.807, 2.05) is 18.2 Å². The molecular formula is C11H12BrNO3. The van der Waals surface area contributed by atoms with Gasteiger partial charge in [0, 0.05) is 4.47 Å². The number of rotatable bonds is 3. The molecule has 0 aliphatic carbocycles. The largest absolute Gasteiger partial charge is 0.497 e. The summed E-state index contributed by atoms with van der Waals surface area (Å²) in [7, 11) is 1.63. The highest BCUT2D eigenvalue weighted by atomic mass is 79.9. The van der Waals surface area contributed by atoms with E-state index in [-0.39, 0.29) is 12.1 Å². The first kappa shape index (κ1) is 11.3. The van der Waals surface area contributed by atoms with Gasteiger partial charge in [-0.25, -0.2) is 4.79 Å². The second-order valence-corrected chi connectivity index (χ2v) is 4.46. The van der Waals surface area contributed by atoms with Gasteiger partial charge in [-0.2, -0.15) is 0 Å². The Labute approximate surface area is 102 Å². The summed E-state index contributed by atoms with van der Waals surface area (Å²) < 4.78 is 10.9. The average Bonchev–Trinajstić information content (AvgIpc) is 2.67. The van der Waals surface area contributed by atoms with Gasteiger partial charge in [-0.3, -0.25) is 0 Å². The van der Waals surface area contributed by atoms with E-state index in [0.29, 0.717) is 6.61 Å². The first-order valence-corrected chi connectivity index (χ1v) is 5.74. The van der Waals surface area contributed by atoms with Crippen molar-refractivity contribution in [2.24, 2.45) is 0 Å². The first-order chi connectivity index (χ1) is 7.69. The first-order valence-electron chi connectivity index (χ1n) is 4.95. The van der Waals surface area contributed by atoms with Gasteiger partial charge in [-0.15, -0.1) is 0 Å². The fourth-order valence-corrected chi connectivity index (χ4v) is 2.14. The van der Waals surface area contributed by atoms with E-state index in [1.54, 1.807) is 7.11 Å². The van der Waals surface area contributed by atoms with Crippen molar-refractivity contribution in [1.82, 2.24) is 5.32 Å². The maximum Gasteiger partial charge on any atom is 0.407 e. The van der Waals surface area contributed by atoms with Crippen LogP contribution in [-0.4, -0.2) is 25.9 Å².